The summed E-state index contributed by atoms with van der Waals surface area (Å²) in [6.45, 7) is 12.1. The van der Waals surface area contributed by atoms with Gasteiger partial charge in [-0.05, 0) is 75.3 Å². The number of piperidine rings is 1. The smallest absolute Gasteiger partial charge is 0.234 e. The van der Waals surface area contributed by atoms with Crippen LogP contribution in [-0.4, -0.2) is 36.0 Å². The third-order valence-electron chi connectivity index (χ3n) is 7.25. The van der Waals surface area contributed by atoms with Crippen molar-refractivity contribution in [3.8, 4) is 0 Å². The SMILES string of the molecule is CC1CCN(CC(=O)N[C@]2(C)[C@H]3CC[C@@H](C3)C2(C)C)CC1. The van der Waals surface area contributed by atoms with E-state index in [9.17, 15) is 4.79 Å². The van der Waals surface area contributed by atoms with Gasteiger partial charge in [0.1, 0.15) is 0 Å². The van der Waals surface area contributed by atoms with Crippen LogP contribution in [0.3, 0.4) is 0 Å². The standard InChI is InChI=1S/C18H32N2O/c1-13-7-9-20(10-8-13)12-16(21)19-18(4)15-6-5-14(11-15)17(18,2)3/h13-15H,5-12H2,1-4H3,(H,19,21)/t14-,15-,18+/m0/s1. The summed E-state index contributed by atoms with van der Waals surface area (Å²) in [5.74, 6) is 2.55. The summed E-state index contributed by atoms with van der Waals surface area (Å²) < 4.78 is 0. The van der Waals surface area contributed by atoms with E-state index >= 15 is 0 Å². The molecule has 0 aromatic rings. The summed E-state index contributed by atoms with van der Waals surface area (Å²) in [4.78, 5) is 14.9. The molecule has 1 N–H and O–H groups in total. The predicted octanol–water partition coefficient (Wildman–Crippen LogP) is 3.05. The van der Waals surface area contributed by atoms with Gasteiger partial charge in [0.15, 0.2) is 0 Å². The van der Waals surface area contributed by atoms with Crippen molar-refractivity contribution in [1.29, 1.82) is 0 Å². The maximum Gasteiger partial charge on any atom is 0.234 e. The van der Waals surface area contributed by atoms with Gasteiger partial charge in [-0.25, -0.2) is 0 Å². The number of rotatable bonds is 3. The fourth-order valence-electron chi connectivity index (χ4n) is 5.13. The van der Waals surface area contributed by atoms with E-state index in [1.807, 2.05) is 0 Å². The Labute approximate surface area is 129 Å². The molecule has 2 bridgehead atoms. The molecule has 0 aromatic heterocycles. The monoisotopic (exact) mass is 292 g/mol. The molecule has 0 unspecified atom stereocenters. The molecule has 0 spiro atoms. The van der Waals surface area contributed by atoms with Crippen LogP contribution in [0.25, 0.3) is 0 Å². The molecular weight excluding hydrogens is 260 g/mol. The lowest BCUT2D eigenvalue weighted by molar-refractivity contribution is -0.127. The molecule has 3 aliphatic rings. The minimum atomic E-state index is -0.00389. The zero-order chi connectivity index (χ0) is 15.3. The van der Waals surface area contributed by atoms with Gasteiger partial charge >= 0.3 is 0 Å². The first-order valence-corrected chi connectivity index (χ1v) is 8.86. The van der Waals surface area contributed by atoms with Crippen LogP contribution in [0.2, 0.25) is 0 Å². The summed E-state index contributed by atoms with van der Waals surface area (Å²) >= 11 is 0. The number of nitrogens with zero attached hydrogens (tertiary/aromatic N) is 1. The molecule has 0 aromatic carbocycles. The average Bonchev–Trinajstić information content (AvgIpc) is 2.96. The number of fused-ring (bicyclic) bond motifs is 2. The summed E-state index contributed by atoms with van der Waals surface area (Å²) in [5.41, 5.74) is 0.234. The van der Waals surface area contributed by atoms with Crippen molar-refractivity contribution in [3.63, 3.8) is 0 Å². The summed E-state index contributed by atoms with van der Waals surface area (Å²) in [6.07, 6.45) is 6.44. The number of hydrogen-bond acceptors (Lipinski definition) is 2. The minimum Gasteiger partial charge on any atom is -0.349 e. The molecule has 120 valence electrons. The number of likely N-dealkylation sites (tertiary alicyclic amines) is 1. The molecule has 3 rings (SSSR count). The Balaban J connectivity index is 1.59. The van der Waals surface area contributed by atoms with Crippen LogP contribution in [-0.2, 0) is 4.79 Å². The molecule has 3 fully saturated rings. The van der Waals surface area contributed by atoms with Gasteiger partial charge in [-0.2, -0.15) is 0 Å². The number of carbonyl (C=O) groups is 1. The van der Waals surface area contributed by atoms with E-state index in [0.717, 1.165) is 24.9 Å². The van der Waals surface area contributed by atoms with Gasteiger partial charge in [0.25, 0.3) is 0 Å². The number of hydrogen-bond donors (Lipinski definition) is 1. The van der Waals surface area contributed by atoms with Gasteiger partial charge in [0.05, 0.1) is 6.54 Å². The van der Waals surface area contributed by atoms with Crippen LogP contribution in [0.4, 0.5) is 0 Å². The van der Waals surface area contributed by atoms with E-state index in [2.05, 4.69) is 37.9 Å². The summed E-state index contributed by atoms with van der Waals surface area (Å²) in [7, 11) is 0. The molecule has 2 aliphatic carbocycles. The quantitative estimate of drug-likeness (QED) is 0.867. The molecular formula is C18H32N2O. The Kier molecular flexibility index (Phi) is 3.84. The molecule has 1 amide bonds. The Hall–Kier alpha value is -0.570. The highest BCUT2D eigenvalue weighted by atomic mass is 16.2. The van der Waals surface area contributed by atoms with E-state index in [0.29, 0.717) is 12.5 Å². The van der Waals surface area contributed by atoms with E-state index in [-0.39, 0.29) is 16.9 Å². The third kappa shape index (κ3) is 2.52. The Morgan fingerprint density at radius 3 is 2.29 bits per heavy atom. The summed E-state index contributed by atoms with van der Waals surface area (Å²) in [6, 6.07) is 0. The second kappa shape index (κ2) is 5.26. The molecule has 1 heterocycles. The van der Waals surface area contributed by atoms with Crippen molar-refractivity contribution >= 4 is 5.91 Å². The van der Waals surface area contributed by atoms with Crippen molar-refractivity contribution in [1.82, 2.24) is 10.2 Å². The highest BCUT2D eigenvalue weighted by Gasteiger charge is 2.60. The molecule has 3 nitrogen and oxygen atoms in total. The zero-order valence-corrected chi connectivity index (χ0v) is 14.2. The number of nitrogens with one attached hydrogen (secondary N) is 1. The van der Waals surface area contributed by atoms with Gasteiger partial charge in [0.2, 0.25) is 5.91 Å². The highest BCUT2D eigenvalue weighted by molar-refractivity contribution is 5.79. The first kappa shape index (κ1) is 15.3. The van der Waals surface area contributed by atoms with Crippen molar-refractivity contribution in [2.24, 2.45) is 23.2 Å². The molecule has 0 radical (unpaired) electrons. The second-order valence-electron chi connectivity index (χ2n) is 8.64. The normalized spacial score (nSPS) is 39.6. The van der Waals surface area contributed by atoms with Gasteiger partial charge in [-0.3, -0.25) is 9.69 Å². The predicted molar refractivity (Wildman–Crippen MR) is 86.0 cm³/mol. The van der Waals surface area contributed by atoms with E-state index in [4.69, 9.17) is 0 Å². The van der Waals surface area contributed by atoms with Crippen LogP contribution < -0.4 is 5.32 Å². The lowest BCUT2D eigenvalue weighted by Gasteiger charge is -2.48. The molecule has 3 heteroatoms. The lowest BCUT2D eigenvalue weighted by Crippen LogP contribution is -2.60. The van der Waals surface area contributed by atoms with Crippen LogP contribution in [0.5, 0.6) is 0 Å². The fraction of sp³-hybridized carbons (Fsp3) is 0.944. The van der Waals surface area contributed by atoms with E-state index in [1.165, 1.54) is 32.1 Å². The molecule has 1 saturated heterocycles. The average molecular weight is 292 g/mol. The van der Waals surface area contributed by atoms with Gasteiger partial charge in [0, 0.05) is 5.54 Å². The first-order valence-electron chi connectivity index (χ1n) is 8.86. The van der Waals surface area contributed by atoms with Crippen molar-refractivity contribution in [2.45, 2.75) is 65.3 Å². The molecule has 21 heavy (non-hydrogen) atoms. The van der Waals surface area contributed by atoms with Gasteiger partial charge in [-0.15, -0.1) is 0 Å². The van der Waals surface area contributed by atoms with Gasteiger partial charge < -0.3 is 5.32 Å². The minimum absolute atomic E-state index is 0.00389. The Morgan fingerprint density at radius 1 is 1.10 bits per heavy atom. The third-order valence-corrected chi connectivity index (χ3v) is 7.25. The van der Waals surface area contributed by atoms with Crippen LogP contribution >= 0.6 is 0 Å². The molecule has 3 atom stereocenters. The first-order chi connectivity index (χ1) is 9.83. The fourth-order valence-corrected chi connectivity index (χ4v) is 5.13. The molecule has 1 aliphatic heterocycles. The van der Waals surface area contributed by atoms with Crippen LogP contribution in [0, 0.1) is 23.2 Å². The van der Waals surface area contributed by atoms with Crippen molar-refractivity contribution in [2.75, 3.05) is 19.6 Å². The topological polar surface area (TPSA) is 32.3 Å². The van der Waals surface area contributed by atoms with Crippen LogP contribution in [0.15, 0.2) is 0 Å². The maximum atomic E-state index is 12.6. The highest BCUT2D eigenvalue weighted by Crippen LogP contribution is 2.61. The largest absolute Gasteiger partial charge is 0.349 e. The summed E-state index contributed by atoms with van der Waals surface area (Å²) in [5, 5.41) is 3.45. The van der Waals surface area contributed by atoms with Crippen LogP contribution in [0.1, 0.15) is 59.8 Å². The molecule has 2 saturated carbocycles. The van der Waals surface area contributed by atoms with E-state index < -0.39 is 0 Å². The Bertz CT molecular complexity index is 411. The van der Waals surface area contributed by atoms with Crippen molar-refractivity contribution < 1.29 is 4.79 Å². The van der Waals surface area contributed by atoms with E-state index in [1.54, 1.807) is 0 Å². The van der Waals surface area contributed by atoms with Crippen molar-refractivity contribution in [3.05, 3.63) is 0 Å². The zero-order valence-electron chi connectivity index (χ0n) is 14.2. The number of amides is 1. The Morgan fingerprint density at radius 2 is 1.71 bits per heavy atom. The second-order valence-corrected chi connectivity index (χ2v) is 8.64. The van der Waals surface area contributed by atoms with Gasteiger partial charge in [-0.1, -0.05) is 20.8 Å². The lowest BCUT2D eigenvalue weighted by atomic mass is 9.64. The number of carbonyl (C=O) groups excluding carboxylic acids is 1. The maximum absolute atomic E-state index is 12.6.